The van der Waals surface area contributed by atoms with Gasteiger partial charge >= 0.3 is 6.18 Å². The number of halogens is 4. The zero-order chi connectivity index (χ0) is 24.5. The van der Waals surface area contributed by atoms with Crippen LogP contribution >= 0.6 is 23.4 Å². The van der Waals surface area contributed by atoms with Gasteiger partial charge in [-0.2, -0.15) is 28.3 Å². The number of carbonyl (C=O) groups is 1. The van der Waals surface area contributed by atoms with E-state index in [4.69, 9.17) is 26.5 Å². The minimum absolute atomic E-state index is 0.185. The van der Waals surface area contributed by atoms with Crippen LogP contribution in [0.4, 0.5) is 13.2 Å². The van der Waals surface area contributed by atoms with Gasteiger partial charge in [-0.05, 0) is 66.2 Å². The number of amidine groups is 2. The number of aliphatic imine (C=N–C) groups is 1. The van der Waals surface area contributed by atoms with Gasteiger partial charge in [0.2, 0.25) is 10.2 Å². The first-order valence-corrected chi connectivity index (χ1v) is 11.0. The SMILES string of the molecule is Cc1cc(OCCOc2cccc(/C=C3/C(=N)N4N=C(C(F)(F)F)SC4=NC3=O)c2)ccc1Cl. The fourth-order valence-electron chi connectivity index (χ4n) is 2.99. The molecule has 2 heterocycles. The fourth-order valence-corrected chi connectivity index (χ4v) is 3.87. The van der Waals surface area contributed by atoms with Gasteiger partial charge in [-0.3, -0.25) is 10.2 Å². The number of benzene rings is 2. The number of ether oxygens (including phenoxy) is 2. The lowest BCUT2D eigenvalue weighted by molar-refractivity contribution is -0.114. The highest BCUT2D eigenvalue weighted by Gasteiger charge is 2.46. The van der Waals surface area contributed by atoms with Crippen LogP contribution in [0.15, 0.2) is 58.1 Å². The topological polar surface area (TPSA) is 87.3 Å². The van der Waals surface area contributed by atoms with E-state index < -0.39 is 23.0 Å². The van der Waals surface area contributed by atoms with Crippen molar-refractivity contribution in [1.29, 1.82) is 5.41 Å². The summed E-state index contributed by atoms with van der Waals surface area (Å²) < 4.78 is 50.1. The van der Waals surface area contributed by atoms with Crippen LogP contribution in [-0.4, -0.2) is 46.4 Å². The van der Waals surface area contributed by atoms with Crippen molar-refractivity contribution in [3.8, 4) is 11.5 Å². The Bertz CT molecular complexity index is 1260. The molecule has 1 N–H and O–H groups in total. The fraction of sp³-hybridized carbons (Fsp3) is 0.182. The molecule has 1 amide bonds. The number of fused-ring (bicyclic) bond motifs is 1. The van der Waals surface area contributed by atoms with Gasteiger partial charge in [0.15, 0.2) is 5.84 Å². The van der Waals surface area contributed by atoms with Gasteiger partial charge in [0, 0.05) is 5.02 Å². The Morgan fingerprint density at radius 2 is 1.85 bits per heavy atom. The molecule has 0 aromatic heterocycles. The molecular formula is C22H16ClF3N4O3S. The predicted octanol–water partition coefficient (Wildman–Crippen LogP) is 5.29. The van der Waals surface area contributed by atoms with Gasteiger partial charge in [-0.25, -0.2) is 0 Å². The zero-order valence-electron chi connectivity index (χ0n) is 17.5. The number of amides is 1. The van der Waals surface area contributed by atoms with Crippen LogP contribution in [0.1, 0.15) is 11.1 Å². The molecule has 7 nitrogen and oxygen atoms in total. The van der Waals surface area contributed by atoms with Gasteiger partial charge in [-0.15, -0.1) is 0 Å². The highest BCUT2D eigenvalue weighted by molar-refractivity contribution is 8.27. The van der Waals surface area contributed by atoms with E-state index in [1.165, 1.54) is 6.08 Å². The van der Waals surface area contributed by atoms with Crippen LogP contribution in [0.2, 0.25) is 5.02 Å². The van der Waals surface area contributed by atoms with E-state index in [9.17, 15) is 18.0 Å². The predicted molar refractivity (Wildman–Crippen MR) is 125 cm³/mol. The average molecular weight is 509 g/mol. The van der Waals surface area contributed by atoms with Gasteiger partial charge in [0.25, 0.3) is 5.91 Å². The molecule has 0 atom stereocenters. The molecule has 176 valence electrons. The third-order valence-electron chi connectivity index (χ3n) is 4.62. The third-order valence-corrected chi connectivity index (χ3v) is 5.99. The summed E-state index contributed by atoms with van der Waals surface area (Å²) in [6.07, 6.45) is -3.34. The molecule has 0 spiro atoms. The smallest absolute Gasteiger partial charge is 0.441 e. The third kappa shape index (κ3) is 5.26. The summed E-state index contributed by atoms with van der Waals surface area (Å²) in [6, 6.07) is 12.0. The number of aryl methyl sites for hydroxylation is 1. The number of carbonyl (C=O) groups excluding carboxylic acids is 1. The number of rotatable bonds is 6. The number of thioether (sulfide) groups is 1. The molecule has 2 aromatic carbocycles. The van der Waals surface area contributed by atoms with Crippen molar-refractivity contribution >= 4 is 51.4 Å². The lowest BCUT2D eigenvalue weighted by Gasteiger charge is -2.20. The Hall–Kier alpha value is -3.31. The van der Waals surface area contributed by atoms with Crippen molar-refractivity contribution in [2.24, 2.45) is 10.1 Å². The van der Waals surface area contributed by atoms with Crippen LogP contribution in [0.25, 0.3) is 6.08 Å². The van der Waals surface area contributed by atoms with Crippen LogP contribution in [0, 0.1) is 12.3 Å². The summed E-state index contributed by atoms with van der Waals surface area (Å²) in [5.41, 5.74) is 1.22. The molecule has 0 saturated heterocycles. The number of hydrogen-bond donors (Lipinski definition) is 1. The van der Waals surface area contributed by atoms with E-state index in [1.54, 1.807) is 36.4 Å². The number of hydrazone groups is 1. The molecule has 0 radical (unpaired) electrons. The molecule has 12 heteroatoms. The molecular weight excluding hydrogens is 493 g/mol. The van der Waals surface area contributed by atoms with Gasteiger partial charge in [0.05, 0.1) is 5.57 Å². The average Bonchev–Trinajstić information content (AvgIpc) is 3.22. The van der Waals surface area contributed by atoms with Crippen LogP contribution in [-0.2, 0) is 4.79 Å². The van der Waals surface area contributed by atoms with Crippen molar-refractivity contribution in [2.75, 3.05) is 13.2 Å². The largest absolute Gasteiger partial charge is 0.490 e. The zero-order valence-corrected chi connectivity index (χ0v) is 19.1. The second-order valence-corrected chi connectivity index (χ2v) is 8.47. The Morgan fingerprint density at radius 1 is 1.15 bits per heavy atom. The maximum atomic E-state index is 12.9. The van der Waals surface area contributed by atoms with Crippen molar-refractivity contribution in [2.45, 2.75) is 13.1 Å². The highest BCUT2D eigenvalue weighted by atomic mass is 35.5. The van der Waals surface area contributed by atoms with Crippen LogP contribution < -0.4 is 9.47 Å². The van der Waals surface area contributed by atoms with Gasteiger partial charge < -0.3 is 9.47 Å². The summed E-state index contributed by atoms with van der Waals surface area (Å²) >= 11 is 6.20. The highest BCUT2D eigenvalue weighted by Crippen LogP contribution is 2.35. The normalized spacial score (nSPS) is 17.0. The van der Waals surface area contributed by atoms with E-state index >= 15 is 0 Å². The summed E-state index contributed by atoms with van der Waals surface area (Å²) in [7, 11) is 0. The minimum Gasteiger partial charge on any atom is -0.490 e. The van der Waals surface area contributed by atoms with Crippen LogP contribution in [0.3, 0.4) is 0 Å². The molecule has 0 saturated carbocycles. The maximum absolute atomic E-state index is 12.9. The first kappa shape index (κ1) is 23.8. The second-order valence-electron chi connectivity index (χ2n) is 7.10. The molecule has 4 rings (SSSR count). The van der Waals surface area contributed by atoms with E-state index in [2.05, 4.69) is 10.1 Å². The number of nitrogens with one attached hydrogen (secondary N) is 1. The molecule has 0 fully saturated rings. The van der Waals surface area contributed by atoms with E-state index in [-0.39, 0.29) is 35.7 Å². The lowest BCUT2D eigenvalue weighted by Crippen LogP contribution is -2.35. The Kier molecular flexibility index (Phi) is 6.67. The summed E-state index contributed by atoms with van der Waals surface area (Å²) in [6.45, 7) is 2.39. The lowest BCUT2D eigenvalue weighted by atomic mass is 10.1. The van der Waals surface area contributed by atoms with Crippen LogP contribution in [0.5, 0.6) is 11.5 Å². The van der Waals surface area contributed by atoms with Crippen molar-refractivity contribution < 1.29 is 27.4 Å². The standard InChI is InChI=1S/C22H16ClF3N4O3S/c1-12-9-15(5-6-17(12)23)33-8-7-32-14-4-2-3-13(10-14)11-16-18(27)30-21(28-19(16)31)34-20(29-30)22(24,25)26/h2-6,9-11,27H,7-8H2,1H3/b16-11-,27-18?. The monoisotopic (exact) mass is 508 g/mol. The number of alkyl halides is 3. The summed E-state index contributed by atoms with van der Waals surface area (Å²) in [5, 5.41) is 11.4. The quantitative estimate of drug-likeness (QED) is 0.423. The van der Waals surface area contributed by atoms with E-state index in [0.717, 1.165) is 5.56 Å². The Balaban J connectivity index is 1.42. The first-order chi connectivity index (χ1) is 16.1. The molecule has 34 heavy (non-hydrogen) atoms. The Morgan fingerprint density at radius 3 is 2.53 bits per heavy atom. The van der Waals surface area contributed by atoms with Crippen molar-refractivity contribution in [3.63, 3.8) is 0 Å². The number of hydrogen-bond acceptors (Lipinski definition) is 6. The minimum atomic E-state index is -4.69. The second kappa shape index (κ2) is 9.51. The summed E-state index contributed by atoms with van der Waals surface area (Å²) in [4.78, 5) is 16.0. The van der Waals surface area contributed by atoms with E-state index in [1.807, 2.05) is 13.0 Å². The first-order valence-electron chi connectivity index (χ1n) is 9.81. The number of nitrogens with zero attached hydrogens (tertiary/aromatic N) is 3. The molecule has 2 aliphatic rings. The maximum Gasteiger partial charge on any atom is 0.441 e. The molecule has 0 unspecified atom stereocenters. The van der Waals surface area contributed by atoms with Gasteiger partial charge in [-0.1, -0.05) is 23.7 Å². The van der Waals surface area contributed by atoms with Crippen molar-refractivity contribution in [3.05, 3.63) is 64.2 Å². The molecule has 2 aromatic rings. The molecule has 2 aliphatic heterocycles. The Labute approximate surface area is 201 Å². The van der Waals surface area contributed by atoms with E-state index in [0.29, 0.717) is 27.1 Å². The van der Waals surface area contributed by atoms with Crippen molar-refractivity contribution in [1.82, 2.24) is 5.01 Å². The molecule has 0 bridgehead atoms. The summed E-state index contributed by atoms with van der Waals surface area (Å²) in [5.74, 6) is -0.159. The molecule has 0 aliphatic carbocycles. The van der Waals surface area contributed by atoms with Gasteiger partial charge in [0.1, 0.15) is 24.7 Å².